The number of fused-ring (bicyclic) bond motifs is 1. The molecule has 176 valence electrons. The molecule has 0 amide bonds. The summed E-state index contributed by atoms with van der Waals surface area (Å²) < 4.78 is 49.1. The summed E-state index contributed by atoms with van der Waals surface area (Å²) in [4.78, 5) is 21.2. The number of ketones is 1. The number of rotatable bonds is 7. The second-order valence-corrected chi connectivity index (χ2v) is 9.43. The predicted molar refractivity (Wildman–Crippen MR) is 126 cm³/mol. The average molecular weight is 484 g/mol. The molecule has 2 heterocycles. The lowest BCUT2D eigenvalue weighted by molar-refractivity contribution is 0.104. The molecule has 0 aliphatic heterocycles. The Kier molecular flexibility index (Phi) is 5.96. The molecule has 0 unspecified atom stereocenters. The van der Waals surface area contributed by atoms with E-state index >= 15 is 0 Å². The maximum Gasteiger partial charge on any atom is 0.264 e. The molecule has 0 aliphatic rings. The number of nitrogen functional groups attached to an aromatic ring is 1. The molecule has 3 N–H and O–H groups in total. The van der Waals surface area contributed by atoms with Gasteiger partial charge in [0.2, 0.25) is 0 Å². The highest BCUT2D eigenvalue weighted by Crippen LogP contribution is 2.32. The van der Waals surface area contributed by atoms with Gasteiger partial charge in [-0.05, 0) is 44.2 Å². The van der Waals surface area contributed by atoms with Gasteiger partial charge in [0, 0.05) is 17.8 Å². The standard InChI is InChI=1S/C23H22FN5O4S/c1-13(2)29-11-15(20-22(25)26-12-27-23(20)29)21(30)14-8-9-18(33-3)17(10-14)28-34(31,32)19-7-5-4-6-16(19)24/h4-13,28H,1-3H3,(H2,25,26,27). The van der Waals surface area contributed by atoms with Crippen molar-refractivity contribution < 1.29 is 22.3 Å². The van der Waals surface area contributed by atoms with Gasteiger partial charge in [0.25, 0.3) is 10.0 Å². The Balaban J connectivity index is 1.80. The fraction of sp³-hybridized carbons (Fsp3) is 0.174. The third kappa shape index (κ3) is 4.05. The summed E-state index contributed by atoms with van der Waals surface area (Å²) in [5.41, 5.74) is 6.99. The summed E-state index contributed by atoms with van der Waals surface area (Å²) in [7, 11) is -2.94. The van der Waals surface area contributed by atoms with E-state index in [-0.39, 0.29) is 34.4 Å². The number of halogens is 1. The van der Waals surface area contributed by atoms with Crippen LogP contribution in [0.5, 0.6) is 5.75 Å². The van der Waals surface area contributed by atoms with Crippen molar-refractivity contribution in [2.45, 2.75) is 24.8 Å². The van der Waals surface area contributed by atoms with E-state index < -0.39 is 26.5 Å². The molecule has 0 saturated heterocycles. The number of nitrogens with one attached hydrogen (secondary N) is 1. The maximum absolute atomic E-state index is 14.1. The molecule has 34 heavy (non-hydrogen) atoms. The van der Waals surface area contributed by atoms with E-state index in [1.807, 2.05) is 18.4 Å². The predicted octanol–water partition coefficient (Wildman–Crippen LogP) is 3.77. The molecule has 0 radical (unpaired) electrons. The molecule has 0 aliphatic carbocycles. The number of hydrogen-bond donors (Lipinski definition) is 2. The normalized spacial score (nSPS) is 11.7. The minimum Gasteiger partial charge on any atom is -0.495 e. The van der Waals surface area contributed by atoms with Gasteiger partial charge in [-0.3, -0.25) is 9.52 Å². The second-order valence-electron chi connectivity index (χ2n) is 7.78. The van der Waals surface area contributed by atoms with Crippen LogP contribution in [0.25, 0.3) is 11.0 Å². The molecule has 0 fully saturated rings. The topological polar surface area (TPSA) is 129 Å². The molecule has 0 spiro atoms. The van der Waals surface area contributed by atoms with Gasteiger partial charge >= 0.3 is 0 Å². The third-order valence-electron chi connectivity index (χ3n) is 5.27. The minimum atomic E-state index is -4.29. The van der Waals surface area contributed by atoms with E-state index in [0.29, 0.717) is 11.0 Å². The molecule has 0 atom stereocenters. The van der Waals surface area contributed by atoms with Crippen LogP contribution in [-0.4, -0.2) is 35.8 Å². The Morgan fingerprint density at radius 1 is 1.18 bits per heavy atom. The Bertz CT molecular complexity index is 1520. The highest BCUT2D eigenvalue weighted by molar-refractivity contribution is 7.92. The quantitative estimate of drug-likeness (QED) is 0.383. The van der Waals surface area contributed by atoms with Gasteiger partial charge in [-0.25, -0.2) is 22.8 Å². The number of hydrogen-bond acceptors (Lipinski definition) is 7. The number of aromatic nitrogens is 3. The van der Waals surface area contributed by atoms with Crippen LogP contribution in [0.2, 0.25) is 0 Å². The van der Waals surface area contributed by atoms with E-state index in [1.165, 1.54) is 43.8 Å². The Morgan fingerprint density at radius 2 is 1.91 bits per heavy atom. The van der Waals surface area contributed by atoms with E-state index in [2.05, 4.69) is 14.7 Å². The number of carbonyl (C=O) groups is 1. The number of ether oxygens (including phenoxy) is 1. The van der Waals surface area contributed by atoms with Gasteiger partial charge in [-0.15, -0.1) is 0 Å². The summed E-state index contributed by atoms with van der Waals surface area (Å²) >= 11 is 0. The highest BCUT2D eigenvalue weighted by atomic mass is 32.2. The summed E-state index contributed by atoms with van der Waals surface area (Å²) in [5, 5.41) is 0.408. The first kappa shape index (κ1) is 23.2. The molecule has 4 aromatic rings. The number of sulfonamides is 1. The van der Waals surface area contributed by atoms with Crippen molar-refractivity contribution in [1.29, 1.82) is 0 Å². The van der Waals surface area contributed by atoms with E-state index in [9.17, 15) is 17.6 Å². The van der Waals surface area contributed by atoms with Crippen molar-refractivity contribution in [1.82, 2.24) is 14.5 Å². The number of methoxy groups -OCH3 is 1. The van der Waals surface area contributed by atoms with Gasteiger partial charge in [-0.2, -0.15) is 0 Å². The lowest BCUT2D eigenvalue weighted by Crippen LogP contribution is -2.15. The summed E-state index contributed by atoms with van der Waals surface area (Å²) in [6.45, 7) is 3.88. The van der Waals surface area contributed by atoms with Gasteiger partial charge in [-0.1, -0.05) is 12.1 Å². The second kappa shape index (κ2) is 8.75. The molecular formula is C23H22FN5O4S. The smallest absolute Gasteiger partial charge is 0.264 e. The molecule has 9 nitrogen and oxygen atoms in total. The number of carbonyl (C=O) groups excluding carboxylic acids is 1. The zero-order valence-electron chi connectivity index (χ0n) is 18.6. The van der Waals surface area contributed by atoms with Crippen LogP contribution in [0.3, 0.4) is 0 Å². The third-order valence-corrected chi connectivity index (χ3v) is 6.67. The van der Waals surface area contributed by atoms with Crippen molar-refractivity contribution in [2.75, 3.05) is 17.6 Å². The van der Waals surface area contributed by atoms with Crippen LogP contribution in [0.1, 0.15) is 35.8 Å². The SMILES string of the molecule is COc1ccc(C(=O)c2cn(C(C)C)c3ncnc(N)c23)cc1NS(=O)(=O)c1ccccc1F. The Morgan fingerprint density at radius 3 is 2.59 bits per heavy atom. The van der Waals surface area contributed by atoms with Crippen LogP contribution in [0, 0.1) is 5.82 Å². The lowest BCUT2D eigenvalue weighted by Gasteiger charge is -2.13. The van der Waals surface area contributed by atoms with Gasteiger partial charge in [0.05, 0.1) is 23.7 Å². The maximum atomic E-state index is 14.1. The van der Waals surface area contributed by atoms with Crippen LogP contribution >= 0.6 is 0 Å². The first-order valence-electron chi connectivity index (χ1n) is 10.2. The first-order chi connectivity index (χ1) is 16.1. The fourth-order valence-corrected chi connectivity index (χ4v) is 4.76. The number of nitrogens with zero attached hydrogens (tertiary/aromatic N) is 3. The molecule has 2 aromatic heterocycles. The molecule has 0 saturated carbocycles. The fourth-order valence-electron chi connectivity index (χ4n) is 3.62. The van der Waals surface area contributed by atoms with Crippen molar-refractivity contribution >= 4 is 38.3 Å². The zero-order valence-corrected chi connectivity index (χ0v) is 19.4. The van der Waals surface area contributed by atoms with Crippen LogP contribution in [-0.2, 0) is 10.0 Å². The average Bonchev–Trinajstić information content (AvgIpc) is 3.20. The van der Waals surface area contributed by atoms with Gasteiger partial charge in [0.1, 0.15) is 34.3 Å². The zero-order chi connectivity index (χ0) is 24.6. The first-order valence-corrected chi connectivity index (χ1v) is 11.7. The molecular weight excluding hydrogens is 461 g/mol. The van der Waals surface area contributed by atoms with E-state index in [1.54, 1.807) is 6.20 Å². The molecule has 4 rings (SSSR count). The van der Waals surface area contributed by atoms with Crippen molar-refractivity contribution in [3.8, 4) is 5.75 Å². The van der Waals surface area contributed by atoms with Crippen LogP contribution < -0.4 is 15.2 Å². The van der Waals surface area contributed by atoms with Crippen molar-refractivity contribution in [2.24, 2.45) is 0 Å². The molecule has 11 heteroatoms. The molecule has 2 aromatic carbocycles. The summed E-state index contributed by atoms with van der Waals surface area (Å²) in [6.07, 6.45) is 2.98. The van der Waals surface area contributed by atoms with E-state index in [0.717, 1.165) is 12.1 Å². The number of nitrogens with two attached hydrogens (primary N) is 1. The Hall–Kier alpha value is -3.99. The summed E-state index contributed by atoms with van der Waals surface area (Å²) in [5.74, 6) is -1.01. The highest BCUT2D eigenvalue weighted by Gasteiger charge is 2.24. The largest absolute Gasteiger partial charge is 0.495 e. The number of anilines is 2. The number of benzene rings is 2. The van der Waals surface area contributed by atoms with Crippen LogP contribution in [0.15, 0.2) is 59.9 Å². The van der Waals surface area contributed by atoms with E-state index in [4.69, 9.17) is 10.5 Å². The van der Waals surface area contributed by atoms with Crippen LogP contribution in [0.4, 0.5) is 15.9 Å². The van der Waals surface area contributed by atoms with Gasteiger partial charge < -0.3 is 15.0 Å². The minimum absolute atomic E-state index is 0.00245. The van der Waals surface area contributed by atoms with Crippen molar-refractivity contribution in [3.05, 3.63) is 71.9 Å². The Labute approximate surface area is 195 Å². The summed E-state index contributed by atoms with van der Waals surface area (Å²) in [6, 6.07) is 9.26. The monoisotopic (exact) mass is 483 g/mol. The lowest BCUT2D eigenvalue weighted by atomic mass is 10.0. The van der Waals surface area contributed by atoms with Gasteiger partial charge in [0.15, 0.2) is 5.78 Å². The van der Waals surface area contributed by atoms with Crippen molar-refractivity contribution in [3.63, 3.8) is 0 Å². The molecule has 0 bridgehead atoms.